The van der Waals surface area contributed by atoms with Gasteiger partial charge in [-0.05, 0) is 30.0 Å². The molecule has 0 fully saturated rings. The van der Waals surface area contributed by atoms with E-state index in [0.29, 0.717) is 16.8 Å². The van der Waals surface area contributed by atoms with Crippen molar-refractivity contribution in [2.24, 2.45) is 0 Å². The van der Waals surface area contributed by atoms with Crippen molar-refractivity contribution in [1.29, 1.82) is 0 Å². The Bertz CT molecular complexity index is 760. The number of carbonyl (C=O) groups is 1. The predicted molar refractivity (Wildman–Crippen MR) is 87.5 cm³/mol. The SMILES string of the molecule is CCc1nnc(S/C(=C\c2cc(Br)cc(OC)c2O)C(=O)O)o1. The van der Waals surface area contributed by atoms with E-state index in [1.54, 1.807) is 12.1 Å². The van der Waals surface area contributed by atoms with Gasteiger partial charge in [-0.3, -0.25) is 0 Å². The molecular weight excluding hydrogens is 388 g/mol. The molecule has 1 aromatic carbocycles. The highest BCUT2D eigenvalue weighted by Gasteiger charge is 2.17. The van der Waals surface area contributed by atoms with E-state index < -0.39 is 5.97 Å². The van der Waals surface area contributed by atoms with Crippen molar-refractivity contribution in [3.63, 3.8) is 0 Å². The van der Waals surface area contributed by atoms with Gasteiger partial charge in [0.2, 0.25) is 5.89 Å². The van der Waals surface area contributed by atoms with Crippen LogP contribution in [0.4, 0.5) is 0 Å². The molecule has 23 heavy (non-hydrogen) atoms. The number of aryl methyl sites for hydroxylation is 1. The number of aliphatic carboxylic acids is 1. The van der Waals surface area contributed by atoms with Crippen molar-refractivity contribution in [3.8, 4) is 11.5 Å². The van der Waals surface area contributed by atoms with E-state index in [1.165, 1.54) is 13.2 Å². The molecule has 0 aliphatic carbocycles. The van der Waals surface area contributed by atoms with Crippen molar-refractivity contribution in [2.75, 3.05) is 7.11 Å². The first-order valence-electron chi connectivity index (χ1n) is 6.46. The summed E-state index contributed by atoms with van der Waals surface area (Å²) in [5, 5.41) is 27.1. The van der Waals surface area contributed by atoms with Gasteiger partial charge in [-0.15, -0.1) is 10.2 Å². The standard InChI is InChI=1S/C14H13BrN2O5S/c1-3-11-16-17-14(22-11)23-10(13(19)20)5-7-4-8(15)6-9(21-2)12(7)18/h4-6,18H,3H2,1-2H3,(H,19,20)/b10-5-. The van der Waals surface area contributed by atoms with Gasteiger partial charge in [0.05, 0.1) is 7.11 Å². The van der Waals surface area contributed by atoms with Crippen molar-refractivity contribution in [3.05, 3.63) is 33.0 Å². The number of aromatic nitrogens is 2. The van der Waals surface area contributed by atoms with Gasteiger partial charge in [-0.25, -0.2) is 4.79 Å². The van der Waals surface area contributed by atoms with Crippen molar-refractivity contribution < 1.29 is 24.2 Å². The normalized spacial score (nSPS) is 11.5. The summed E-state index contributed by atoms with van der Waals surface area (Å²) in [6.45, 7) is 1.85. The second-order valence-electron chi connectivity index (χ2n) is 4.28. The highest BCUT2D eigenvalue weighted by atomic mass is 79.9. The monoisotopic (exact) mass is 400 g/mol. The second-order valence-corrected chi connectivity index (χ2v) is 6.19. The fourth-order valence-electron chi connectivity index (χ4n) is 1.65. The topological polar surface area (TPSA) is 106 Å². The zero-order valence-electron chi connectivity index (χ0n) is 12.2. The van der Waals surface area contributed by atoms with Gasteiger partial charge in [-0.2, -0.15) is 0 Å². The third kappa shape index (κ3) is 4.26. The van der Waals surface area contributed by atoms with E-state index in [1.807, 2.05) is 6.92 Å². The van der Waals surface area contributed by atoms with Gasteiger partial charge in [0.15, 0.2) is 11.5 Å². The molecule has 2 rings (SSSR count). The van der Waals surface area contributed by atoms with Crippen LogP contribution in [0.1, 0.15) is 18.4 Å². The lowest BCUT2D eigenvalue weighted by Crippen LogP contribution is -1.97. The van der Waals surface area contributed by atoms with Gasteiger partial charge in [-0.1, -0.05) is 22.9 Å². The van der Waals surface area contributed by atoms with E-state index in [4.69, 9.17) is 9.15 Å². The number of carboxylic acids is 1. The maximum absolute atomic E-state index is 11.4. The van der Waals surface area contributed by atoms with Crippen LogP contribution in [0.5, 0.6) is 11.5 Å². The number of hydrogen-bond acceptors (Lipinski definition) is 7. The molecule has 2 N–H and O–H groups in total. The number of phenolic OH excluding ortho intramolecular Hbond substituents is 1. The zero-order valence-corrected chi connectivity index (χ0v) is 14.6. The number of ether oxygens (including phenoxy) is 1. The molecule has 7 nitrogen and oxygen atoms in total. The molecule has 122 valence electrons. The Morgan fingerprint density at radius 1 is 1.48 bits per heavy atom. The highest BCUT2D eigenvalue weighted by Crippen LogP contribution is 2.37. The Hall–Kier alpha value is -2.00. The lowest BCUT2D eigenvalue weighted by molar-refractivity contribution is -0.131. The van der Waals surface area contributed by atoms with Crippen LogP contribution in [0, 0.1) is 0 Å². The Kier molecular flexibility index (Phi) is 5.67. The fraction of sp³-hybridized carbons (Fsp3) is 0.214. The number of hydrogen-bond donors (Lipinski definition) is 2. The van der Waals surface area contributed by atoms with E-state index in [-0.39, 0.29) is 27.2 Å². The molecule has 0 spiro atoms. The predicted octanol–water partition coefficient (Wildman–Crippen LogP) is 3.33. The number of phenols is 1. The molecule has 0 saturated carbocycles. The van der Waals surface area contributed by atoms with Gasteiger partial charge >= 0.3 is 5.97 Å². The molecule has 2 aromatic rings. The molecular formula is C14H13BrN2O5S. The van der Waals surface area contributed by atoms with E-state index in [9.17, 15) is 15.0 Å². The van der Waals surface area contributed by atoms with Gasteiger partial charge in [0.25, 0.3) is 5.22 Å². The smallest absolute Gasteiger partial charge is 0.342 e. The Morgan fingerprint density at radius 3 is 2.78 bits per heavy atom. The molecule has 0 amide bonds. The first-order valence-corrected chi connectivity index (χ1v) is 8.07. The lowest BCUT2D eigenvalue weighted by Gasteiger charge is -2.08. The van der Waals surface area contributed by atoms with E-state index in [2.05, 4.69) is 26.1 Å². The van der Waals surface area contributed by atoms with Crippen LogP contribution < -0.4 is 4.74 Å². The van der Waals surface area contributed by atoms with Crippen LogP contribution in [0.15, 0.2) is 31.2 Å². The fourth-order valence-corrected chi connectivity index (χ4v) is 2.79. The van der Waals surface area contributed by atoms with Crippen LogP contribution in [0.25, 0.3) is 6.08 Å². The number of rotatable bonds is 6. The average Bonchev–Trinajstić information content (AvgIpc) is 2.97. The highest BCUT2D eigenvalue weighted by molar-refractivity contribution is 9.10. The number of carboxylic acid groups (broad SMARTS) is 1. The molecule has 9 heteroatoms. The molecule has 0 aliphatic rings. The maximum Gasteiger partial charge on any atom is 0.342 e. The number of aromatic hydroxyl groups is 1. The van der Waals surface area contributed by atoms with Crippen LogP contribution in [-0.4, -0.2) is 33.5 Å². The molecule has 1 aromatic heterocycles. The minimum Gasteiger partial charge on any atom is -0.504 e. The molecule has 0 bridgehead atoms. The number of benzene rings is 1. The first kappa shape index (κ1) is 17.4. The molecule has 0 saturated heterocycles. The molecule has 0 aliphatic heterocycles. The Morgan fingerprint density at radius 2 is 2.22 bits per heavy atom. The van der Waals surface area contributed by atoms with E-state index >= 15 is 0 Å². The van der Waals surface area contributed by atoms with Gasteiger partial charge in [0, 0.05) is 16.5 Å². The van der Waals surface area contributed by atoms with Crippen molar-refractivity contribution in [2.45, 2.75) is 18.6 Å². The Balaban J connectivity index is 2.39. The summed E-state index contributed by atoms with van der Waals surface area (Å²) in [7, 11) is 1.41. The van der Waals surface area contributed by atoms with Crippen LogP contribution in [-0.2, 0) is 11.2 Å². The third-order valence-corrected chi connectivity index (χ3v) is 4.04. The summed E-state index contributed by atoms with van der Waals surface area (Å²) in [6, 6.07) is 3.15. The molecule has 0 unspecified atom stereocenters. The van der Waals surface area contributed by atoms with Crippen LogP contribution in [0.3, 0.4) is 0 Å². The summed E-state index contributed by atoms with van der Waals surface area (Å²) in [6.07, 6.45) is 1.87. The summed E-state index contributed by atoms with van der Waals surface area (Å²) < 4.78 is 11.0. The number of methoxy groups -OCH3 is 1. The van der Waals surface area contributed by atoms with E-state index in [0.717, 1.165) is 11.8 Å². The number of thioether (sulfide) groups is 1. The summed E-state index contributed by atoms with van der Waals surface area (Å²) in [4.78, 5) is 11.4. The second kappa shape index (κ2) is 7.51. The largest absolute Gasteiger partial charge is 0.504 e. The summed E-state index contributed by atoms with van der Waals surface area (Å²) in [5.41, 5.74) is 0.288. The minimum absolute atomic E-state index is 0.0771. The number of nitrogens with zero attached hydrogens (tertiary/aromatic N) is 2. The van der Waals surface area contributed by atoms with Gasteiger partial charge in [0.1, 0.15) is 4.91 Å². The average molecular weight is 401 g/mol. The van der Waals surface area contributed by atoms with Crippen molar-refractivity contribution >= 4 is 39.7 Å². The summed E-state index contributed by atoms with van der Waals surface area (Å²) >= 11 is 4.09. The van der Waals surface area contributed by atoms with Crippen molar-refractivity contribution in [1.82, 2.24) is 10.2 Å². The van der Waals surface area contributed by atoms with Gasteiger partial charge < -0.3 is 19.4 Å². The third-order valence-electron chi connectivity index (χ3n) is 2.73. The minimum atomic E-state index is -1.18. The maximum atomic E-state index is 11.4. The molecule has 1 heterocycles. The number of halogens is 1. The first-order chi connectivity index (χ1) is 10.9. The summed E-state index contributed by atoms with van der Waals surface area (Å²) in [5.74, 6) is -0.685. The lowest BCUT2D eigenvalue weighted by atomic mass is 10.1. The van der Waals surface area contributed by atoms with Crippen LogP contribution >= 0.6 is 27.7 Å². The zero-order chi connectivity index (χ0) is 17.0. The molecule has 0 atom stereocenters. The quantitative estimate of drug-likeness (QED) is 0.561. The van der Waals surface area contributed by atoms with Crippen LogP contribution in [0.2, 0.25) is 0 Å². The molecule has 0 radical (unpaired) electrons. The Labute approximate surface area is 144 Å².